The minimum absolute atomic E-state index is 0.132. The van der Waals surface area contributed by atoms with Gasteiger partial charge in [-0.25, -0.2) is 9.97 Å². The Morgan fingerprint density at radius 3 is 2.88 bits per heavy atom. The maximum atomic E-state index is 8.23. The lowest BCUT2D eigenvalue weighted by molar-refractivity contribution is 0.922. The molecule has 82 valence electrons. The summed E-state index contributed by atoms with van der Waals surface area (Å²) in [4.78, 5) is 13.1. The number of nitrogens with zero attached hydrogens (tertiary/aromatic N) is 5. The lowest BCUT2D eigenvalue weighted by atomic mass is 10.2. The van der Waals surface area contributed by atoms with Gasteiger partial charge in [-0.05, 0) is 24.9 Å². The summed E-state index contributed by atoms with van der Waals surface area (Å²) in [5, 5.41) is 4.33. The minimum Gasteiger partial charge on any atom is -0.383 e. The van der Waals surface area contributed by atoms with Gasteiger partial charge in [-0.3, -0.25) is 0 Å². The third kappa shape index (κ3) is 1.66. The summed E-state index contributed by atoms with van der Waals surface area (Å²) >= 11 is 1.57. The van der Waals surface area contributed by atoms with Crippen molar-refractivity contribution in [2.24, 2.45) is 5.11 Å². The van der Waals surface area contributed by atoms with Gasteiger partial charge in [0.25, 0.3) is 0 Å². The number of thiophene rings is 1. The number of nitrogen functional groups attached to an aromatic ring is 1. The third-order valence-corrected chi connectivity index (χ3v) is 3.48. The molecule has 0 aliphatic heterocycles. The van der Waals surface area contributed by atoms with Crippen molar-refractivity contribution >= 4 is 27.4 Å². The number of azide groups is 1. The number of nitrogens with two attached hydrogens (primary N) is 1. The number of hydrogen-bond donors (Lipinski definition) is 1. The molecule has 2 aromatic rings. The molecule has 0 saturated carbocycles. The zero-order valence-corrected chi connectivity index (χ0v) is 9.75. The SMILES string of the molecule is Cc1sc2nc(CN=[N+]=[N-])nc(N)c2c1C. The molecule has 2 heterocycles. The Morgan fingerprint density at radius 2 is 2.19 bits per heavy atom. The third-order valence-electron chi connectivity index (χ3n) is 2.38. The second-order valence-electron chi connectivity index (χ2n) is 3.38. The molecule has 0 saturated heterocycles. The molecule has 0 aliphatic rings. The first-order chi connectivity index (χ1) is 7.63. The van der Waals surface area contributed by atoms with E-state index in [-0.39, 0.29) is 6.54 Å². The fraction of sp³-hybridized carbons (Fsp3) is 0.333. The smallest absolute Gasteiger partial charge is 0.138 e. The lowest BCUT2D eigenvalue weighted by Crippen LogP contribution is -1.99. The van der Waals surface area contributed by atoms with Gasteiger partial charge in [-0.15, -0.1) is 11.3 Å². The molecule has 6 nitrogen and oxygen atoms in total. The molecule has 2 N–H and O–H groups in total. The van der Waals surface area contributed by atoms with Gasteiger partial charge in [0.15, 0.2) is 0 Å². The zero-order valence-electron chi connectivity index (χ0n) is 8.93. The predicted octanol–water partition coefficient (Wildman–Crippen LogP) is 2.70. The van der Waals surface area contributed by atoms with Crippen molar-refractivity contribution in [1.29, 1.82) is 0 Å². The van der Waals surface area contributed by atoms with E-state index < -0.39 is 0 Å². The molecule has 0 spiro atoms. The number of rotatable bonds is 2. The molecular formula is C9H10N6S. The molecule has 16 heavy (non-hydrogen) atoms. The maximum Gasteiger partial charge on any atom is 0.138 e. The van der Waals surface area contributed by atoms with Gasteiger partial charge in [-0.1, -0.05) is 5.11 Å². The highest BCUT2D eigenvalue weighted by Crippen LogP contribution is 2.31. The van der Waals surface area contributed by atoms with Crippen molar-refractivity contribution < 1.29 is 0 Å². The van der Waals surface area contributed by atoms with Crippen LogP contribution in [0.25, 0.3) is 20.7 Å². The van der Waals surface area contributed by atoms with Gasteiger partial charge < -0.3 is 5.73 Å². The molecule has 0 amide bonds. The minimum atomic E-state index is 0.132. The van der Waals surface area contributed by atoms with Crippen molar-refractivity contribution in [2.45, 2.75) is 20.4 Å². The Hall–Kier alpha value is -1.85. The van der Waals surface area contributed by atoms with Crippen LogP contribution in [0.5, 0.6) is 0 Å². The predicted molar refractivity (Wildman–Crippen MR) is 64.2 cm³/mol. The van der Waals surface area contributed by atoms with E-state index in [1.165, 1.54) is 4.88 Å². The van der Waals surface area contributed by atoms with E-state index in [9.17, 15) is 0 Å². The van der Waals surface area contributed by atoms with E-state index in [0.29, 0.717) is 11.6 Å². The molecule has 0 aromatic carbocycles. The molecule has 0 radical (unpaired) electrons. The summed E-state index contributed by atoms with van der Waals surface area (Å²) in [6, 6.07) is 0. The van der Waals surface area contributed by atoms with Gasteiger partial charge in [-0.2, -0.15) is 0 Å². The van der Waals surface area contributed by atoms with Crippen molar-refractivity contribution in [1.82, 2.24) is 9.97 Å². The number of fused-ring (bicyclic) bond motifs is 1. The van der Waals surface area contributed by atoms with Crippen LogP contribution in [0.2, 0.25) is 0 Å². The van der Waals surface area contributed by atoms with E-state index in [1.54, 1.807) is 11.3 Å². The number of aryl methyl sites for hydroxylation is 2. The zero-order chi connectivity index (χ0) is 11.7. The standard InChI is InChI=1S/C9H10N6S/c1-4-5(2)16-9-7(4)8(10)13-6(14-9)3-12-15-11/h3H2,1-2H3,(H2,10,13,14). The van der Waals surface area contributed by atoms with E-state index in [2.05, 4.69) is 20.0 Å². The normalized spacial score (nSPS) is 10.4. The molecule has 0 atom stereocenters. The summed E-state index contributed by atoms with van der Waals surface area (Å²) in [6.07, 6.45) is 0. The highest BCUT2D eigenvalue weighted by molar-refractivity contribution is 7.18. The topological polar surface area (TPSA) is 101 Å². The monoisotopic (exact) mass is 234 g/mol. The van der Waals surface area contributed by atoms with Crippen LogP contribution in [0, 0.1) is 13.8 Å². The van der Waals surface area contributed by atoms with Crippen molar-refractivity contribution in [3.8, 4) is 0 Å². The Bertz CT molecular complexity index is 596. The second kappa shape index (κ2) is 3.96. The van der Waals surface area contributed by atoms with Gasteiger partial charge in [0, 0.05) is 9.79 Å². The first-order valence-electron chi connectivity index (χ1n) is 4.66. The van der Waals surface area contributed by atoms with Crippen LogP contribution < -0.4 is 5.73 Å². The molecular weight excluding hydrogens is 224 g/mol. The van der Waals surface area contributed by atoms with Crippen molar-refractivity contribution in [3.63, 3.8) is 0 Å². The van der Waals surface area contributed by atoms with Gasteiger partial charge in [0.05, 0.1) is 11.9 Å². The van der Waals surface area contributed by atoms with Gasteiger partial charge >= 0.3 is 0 Å². The summed E-state index contributed by atoms with van der Waals surface area (Å²) in [5.41, 5.74) is 15.2. The first kappa shape index (κ1) is 10.7. The maximum absolute atomic E-state index is 8.23. The average Bonchev–Trinajstić information content (AvgIpc) is 2.52. The molecule has 0 bridgehead atoms. The first-order valence-corrected chi connectivity index (χ1v) is 5.48. The van der Waals surface area contributed by atoms with Crippen LogP contribution in [0.1, 0.15) is 16.3 Å². The number of anilines is 1. The quantitative estimate of drug-likeness (QED) is 0.491. The molecule has 0 aliphatic carbocycles. The lowest BCUT2D eigenvalue weighted by Gasteiger charge is -2.00. The van der Waals surface area contributed by atoms with Crippen LogP contribution in [-0.4, -0.2) is 9.97 Å². The van der Waals surface area contributed by atoms with E-state index >= 15 is 0 Å². The van der Waals surface area contributed by atoms with Crippen molar-refractivity contribution in [3.05, 3.63) is 26.7 Å². The Kier molecular flexibility index (Phi) is 2.64. The van der Waals surface area contributed by atoms with Gasteiger partial charge in [0.1, 0.15) is 16.5 Å². The number of hydrogen-bond acceptors (Lipinski definition) is 5. The molecule has 0 fully saturated rings. The molecule has 7 heteroatoms. The van der Waals surface area contributed by atoms with E-state index in [1.807, 2.05) is 13.8 Å². The highest BCUT2D eigenvalue weighted by Gasteiger charge is 2.11. The summed E-state index contributed by atoms with van der Waals surface area (Å²) in [6.45, 7) is 4.15. The molecule has 2 rings (SSSR count). The molecule has 0 unspecified atom stereocenters. The fourth-order valence-electron chi connectivity index (χ4n) is 1.49. The second-order valence-corrected chi connectivity index (χ2v) is 4.58. The van der Waals surface area contributed by atoms with E-state index in [4.69, 9.17) is 11.3 Å². The van der Waals surface area contributed by atoms with Gasteiger partial charge in [0.2, 0.25) is 0 Å². The van der Waals surface area contributed by atoms with Crippen molar-refractivity contribution in [2.75, 3.05) is 5.73 Å². The summed E-state index contributed by atoms with van der Waals surface area (Å²) in [5.74, 6) is 0.916. The summed E-state index contributed by atoms with van der Waals surface area (Å²) < 4.78 is 0. The average molecular weight is 234 g/mol. The van der Waals surface area contributed by atoms with Crippen LogP contribution in [0.4, 0.5) is 5.82 Å². The highest BCUT2D eigenvalue weighted by atomic mass is 32.1. The summed E-state index contributed by atoms with van der Waals surface area (Å²) in [7, 11) is 0. The van der Waals surface area contributed by atoms with Crippen LogP contribution in [0.15, 0.2) is 5.11 Å². The Balaban J connectivity index is 2.63. The van der Waals surface area contributed by atoms with Crippen LogP contribution in [-0.2, 0) is 6.54 Å². The Labute approximate surface area is 95.8 Å². The largest absolute Gasteiger partial charge is 0.383 e. The molecule has 2 aromatic heterocycles. The van der Waals surface area contributed by atoms with Crippen LogP contribution in [0.3, 0.4) is 0 Å². The van der Waals surface area contributed by atoms with Crippen LogP contribution >= 0.6 is 11.3 Å². The number of aromatic nitrogens is 2. The Morgan fingerprint density at radius 1 is 1.44 bits per heavy atom. The van der Waals surface area contributed by atoms with E-state index in [0.717, 1.165) is 15.8 Å². The fourth-order valence-corrected chi connectivity index (χ4v) is 2.55.